The van der Waals surface area contributed by atoms with E-state index in [0.717, 1.165) is 44.1 Å². The summed E-state index contributed by atoms with van der Waals surface area (Å²) in [6, 6.07) is 14.1. The van der Waals surface area contributed by atoms with Crippen molar-refractivity contribution in [2.24, 2.45) is 11.8 Å². The first-order valence-corrected chi connectivity index (χ1v) is 12.2. The lowest BCUT2D eigenvalue weighted by Gasteiger charge is -2.31. The summed E-state index contributed by atoms with van der Waals surface area (Å²) < 4.78 is 0. The molecule has 34 heavy (non-hydrogen) atoms. The Morgan fingerprint density at radius 3 is 2.26 bits per heavy atom. The van der Waals surface area contributed by atoms with Crippen LogP contribution in [0.1, 0.15) is 77.3 Å². The number of fused-ring (bicyclic) bond motifs is 1. The van der Waals surface area contributed by atoms with E-state index in [1.54, 1.807) is 12.1 Å². The molecule has 4 amide bonds. The SMILES string of the molecule is O=C(Nc1ccc2c(c1)C(=O)N(CC1CC1)C2=O)C(=O)N[C@H](c1ccccc1)C1CCCCC1. The number of imide groups is 1. The van der Waals surface area contributed by atoms with Gasteiger partial charge in [0.25, 0.3) is 11.8 Å². The Bertz CT molecular complexity index is 1120. The zero-order valence-electron chi connectivity index (χ0n) is 19.1. The van der Waals surface area contributed by atoms with E-state index >= 15 is 0 Å². The Labute approximate surface area is 198 Å². The number of hydrogen-bond acceptors (Lipinski definition) is 4. The van der Waals surface area contributed by atoms with Crippen molar-refractivity contribution in [3.8, 4) is 0 Å². The predicted molar refractivity (Wildman–Crippen MR) is 127 cm³/mol. The van der Waals surface area contributed by atoms with Gasteiger partial charge in [0.2, 0.25) is 0 Å². The molecule has 5 rings (SSSR count). The molecule has 0 aromatic heterocycles. The van der Waals surface area contributed by atoms with Gasteiger partial charge in [0.05, 0.1) is 17.2 Å². The molecule has 2 aromatic rings. The number of hydrogen-bond donors (Lipinski definition) is 2. The van der Waals surface area contributed by atoms with E-state index in [-0.39, 0.29) is 29.3 Å². The number of carbonyl (C=O) groups excluding carboxylic acids is 4. The van der Waals surface area contributed by atoms with Gasteiger partial charge in [-0.1, -0.05) is 49.6 Å². The highest BCUT2D eigenvalue weighted by atomic mass is 16.2. The van der Waals surface area contributed by atoms with Crippen LogP contribution >= 0.6 is 0 Å². The second-order valence-electron chi connectivity index (χ2n) is 9.64. The zero-order valence-corrected chi connectivity index (χ0v) is 19.1. The van der Waals surface area contributed by atoms with E-state index in [4.69, 9.17) is 0 Å². The Morgan fingerprint density at radius 1 is 0.853 bits per heavy atom. The fourth-order valence-electron chi connectivity index (χ4n) is 5.09. The van der Waals surface area contributed by atoms with Crippen molar-refractivity contribution < 1.29 is 19.2 Å². The van der Waals surface area contributed by atoms with E-state index in [1.165, 1.54) is 17.4 Å². The minimum atomic E-state index is -0.789. The molecule has 0 unspecified atom stereocenters. The number of amides is 4. The third-order valence-electron chi connectivity index (χ3n) is 7.14. The highest BCUT2D eigenvalue weighted by Crippen LogP contribution is 2.35. The summed E-state index contributed by atoms with van der Waals surface area (Å²) in [5.41, 5.74) is 1.93. The molecule has 2 aliphatic carbocycles. The van der Waals surface area contributed by atoms with Gasteiger partial charge >= 0.3 is 11.8 Å². The van der Waals surface area contributed by atoms with E-state index in [9.17, 15) is 19.2 Å². The van der Waals surface area contributed by atoms with Crippen molar-refractivity contribution in [3.05, 3.63) is 65.2 Å². The maximum absolute atomic E-state index is 12.9. The Hall–Kier alpha value is -3.48. The first-order valence-electron chi connectivity index (χ1n) is 12.2. The Morgan fingerprint density at radius 2 is 1.56 bits per heavy atom. The summed E-state index contributed by atoms with van der Waals surface area (Å²) in [7, 11) is 0. The van der Waals surface area contributed by atoms with Crippen molar-refractivity contribution >= 4 is 29.3 Å². The molecule has 2 N–H and O–H groups in total. The van der Waals surface area contributed by atoms with Crippen LogP contribution in [0, 0.1) is 11.8 Å². The molecule has 3 aliphatic rings. The van der Waals surface area contributed by atoms with Crippen LogP contribution in [-0.4, -0.2) is 35.1 Å². The van der Waals surface area contributed by atoms with Gasteiger partial charge in [0.15, 0.2) is 0 Å². The summed E-state index contributed by atoms with van der Waals surface area (Å²) in [4.78, 5) is 52.2. The average molecular weight is 460 g/mol. The van der Waals surface area contributed by atoms with Gasteiger partial charge in [0.1, 0.15) is 0 Å². The van der Waals surface area contributed by atoms with Crippen LogP contribution in [0.3, 0.4) is 0 Å². The summed E-state index contributed by atoms with van der Waals surface area (Å²) in [5.74, 6) is -1.45. The fourth-order valence-corrected chi connectivity index (χ4v) is 5.09. The van der Waals surface area contributed by atoms with Gasteiger partial charge in [-0.05, 0) is 61.3 Å². The molecule has 1 aliphatic heterocycles. The Balaban J connectivity index is 1.27. The van der Waals surface area contributed by atoms with Crippen molar-refractivity contribution in [2.75, 3.05) is 11.9 Å². The largest absolute Gasteiger partial charge is 0.341 e. The molecule has 0 radical (unpaired) electrons. The molecule has 1 atom stereocenters. The standard InChI is InChI=1S/C27H29N3O4/c31-24(25(32)29-23(18-7-3-1-4-8-18)19-9-5-2-6-10-19)28-20-13-14-21-22(15-20)27(34)30(26(21)33)16-17-11-12-17/h1,3-4,7-8,13-15,17,19,23H,2,5-6,9-12,16H2,(H,28,31)(H,29,32)/t23-/m1/s1. The molecule has 0 bridgehead atoms. The fraction of sp³-hybridized carbons (Fsp3) is 0.407. The van der Waals surface area contributed by atoms with Gasteiger partial charge in [-0.15, -0.1) is 0 Å². The molecule has 2 fully saturated rings. The van der Waals surface area contributed by atoms with Crippen molar-refractivity contribution in [3.63, 3.8) is 0 Å². The summed E-state index contributed by atoms with van der Waals surface area (Å²) in [6.07, 6.45) is 7.54. The molecule has 7 nitrogen and oxygen atoms in total. The monoisotopic (exact) mass is 459 g/mol. The maximum Gasteiger partial charge on any atom is 0.313 e. The number of nitrogens with zero attached hydrogens (tertiary/aromatic N) is 1. The summed E-state index contributed by atoms with van der Waals surface area (Å²) in [6.45, 7) is 0.443. The number of benzene rings is 2. The highest BCUT2D eigenvalue weighted by Gasteiger charge is 2.39. The average Bonchev–Trinajstić information content (AvgIpc) is 3.66. The quantitative estimate of drug-likeness (QED) is 0.503. The molecule has 0 spiro atoms. The molecule has 2 aromatic carbocycles. The number of carbonyl (C=O) groups is 4. The summed E-state index contributed by atoms with van der Waals surface area (Å²) >= 11 is 0. The van der Waals surface area contributed by atoms with Gasteiger partial charge in [-0.25, -0.2) is 0 Å². The second kappa shape index (κ2) is 9.41. The van der Waals surface area contributed by atoms with Crippen LogP contribution in [0.2, 0.25) is 0 Å². The van der Waals surface area contributed by atoms with E-state index in [1.807, 2.05) is 30.3 Å². The normalized spacial score (nSPS) is 19.0. The van der Waals surface area contributed by atoms with Gasteiger partial charge in [-0.2, -0.15) is 0 Å². The van der Waals surface area contributed by atoms with E-state index < -0.39 is 11.8 Å². The molecule has 176 valence electrons. The molecule has 0 saturated heterocycles. The van der Waals surface area contributed by atoms with Crippen LogP contribution in [0.25, 0.3) is 0 Å². The van der Waals surface area contributed by atoms with Crippen LogP contribution in [-0.2, 0) is 9.59 Å². The molecule has 7 heteroatoms. The minimum absolute atomic E-state index is 0.227. The third kappa shape index (κ3) is 4.60. The molecular weight excluding hydrogens is 430 g/mol. The lowest BCUT2D eigenvalue weighted by Crippen LogP contribution is -2.40. The lowest BCUT2D eigenvalue weighted by atomic mass is 9.81. The first kappa shape index (κ1) is 22.3. The summed E-state index contributed by atoms with van der Waals surface area (Å²) in [5, 5.41) is 5.55. The van der Waals surface area contributed by atoms with Gasteiger partial charge in [-0.3, -0.25) is 24.1 Å². The predicted octanol–water partition coefficient (Wildman–Crippen LogP) is 4.07. The first-order chi connectivity index (χ1) is 16.5. The Kier molecular flexibility index (Phi) is 6.18. The maximum atomic E-state index is 12.9. The highest BCUT2D eigenvalue weighted by molar-refractivity contribution is 6.39. The van der Waals surface area contributed by atoms with E-state index in [2.05, 4.69) is 10.6 Å². The van der Waals surface area contributed by atoms with Crippen LogP contribution in [0.4, 0.5) is 5.69 Å². The number of anilines is 1. The topological polar surface area (TPSA) is 95.6 Å². The molecular formula is C27H29N3O4. The van der Waals surface area contributed by atoms with Crippen molar-refractivity contribution in [2.45, 2.75) is 51.0 Å². The van der Waals surface area contributed by atoms with Crippen LogP contribution in [0.5, 0.6) is 0 Å². The van der Waals surface area contributed by atoms with Gasteiger partial charge < -0.3 is 10.6 Å². The minimum Gasteiger partial charge on any atom is -0.341 e. The van der Waals surface area contributed by atoms with Crippen molar-refractivity contribution in [1.82, 2.24) is 10.2 Å². The van der Waals surface area contributed by atoms with Crippen molar-refractivity contribution in [1.29, 1.82) is 0 Å². The number of rotatable bonds is 6. The zero-order chi connectivity index (χ0) is 23.7. The number of nitrogens with one attached hydrogen (secondary N) is 2. The third-order valence-corrected chi connectivity index (χ3v) is 7.14. The molecule has 1 heterocycles. The van der Waals surface area contributed by atoms with Crippen LogP contribution < -0.4 is 10.6 Å². The molecule has 2 saturated carbocycles. The lowest BCUT2D eigenvalue weighted by molar-refractivity contribution is -0.137. The van der Waals surface area contributed by atoms with E-state index in [0.29, 0.717) is 23.7 Å². The second-order valence-corrected chi connectivity index (χ2v) is 9.64. The smallest absolute Gasteiger partial charge is 0.313 e. The van der Waals surface area contributed by atoms with Crippen LogP contribution in [0.15, 0.2) is 48.5 Å². The van der Waals surface area contributed by atoms with Gasteiger partial charge in [0, 0.05) is 12.2 Å².